The van der Waals surface area contributed by atoms with Crippen molar-refractivity contribution in [2.75, 3.05) is 0 Å². The first kappa shape index (κ1) is 14.4. The van der Waals surface area contributed by atoms with Gasteiger partial charge in [0.25, 0.3) is 0 Å². The van der Waals surface area contributed by atoms with Gasteiger partial charge < -0.3 is 9.84 Å². The van der Waals surface area contributed by atoms with E-state index in [9.17, 15) is 9.90 Å². The van der Waals surface area contributed by atoms with Crippen molar-refractivity contribution in [3.05, 3.63) is 64.7 Å². The molecule has 0 amide bonds. The molecule has 3 nitrogen and oxygen atoms in total. The summed E-state index contributed by atoms with van der Waals surface area (Å²) in [6.07, 6.45) is -0.620. The molecule has 1 atom stereocenters. The molecule has 0 unspecified atom stereocenters. The number of aryl methyl sites for hydroxylation is 1. The fraction of sp³-hybridized carbons (Fsp3) is 0.188. The quantitative estimate of drug-likeness (QED) is 0.913. The van der Waals surface area contributed by atoms with Crippen molar-refractivity contribution in [2.24, 2.45) is 0 Å². The third-order valence-electron chi connectivity index (χ3n) is 3.01. The summed E-state index contributed by atoms with van der Waals surface area (Å²) in [7, 11) is 0. The van der Waals surface area contributed by atoms with Crippen LogP contribution in [0.5, 0.6) is 5.75 Å². The number of para-hydroxylation sites is 1. The third kappa shape index (κ3) is 3.75. The van der Waals surface area contributed by atoms with E-state index >= 15 is 0 Å². The van der Waals surface area contributed by atoms with Crippen LogP contribution in [0.4, 0.5) is 0 Å². The largest absolute Gasteiger partial charge is 0.478 e. The van der Waals surface area contributed by atoms with Gasteiger partial charge in [0.05, 0.1) is 0 Å². The Kier molecular flexibility index (Phi) is 4.64. The van der Waals surface area contributed by atoms with Crippen LogP contribution in [0.3, 0.4) is 0 Å². The van der Waals surface area contributed by atoms with Gasteiger partial charge in [0, 0.05) is 11.4 Å². The Morgan fingerprint density at radius 3 is 2.55 bits per heavy atom. The van der Waals surface area contributed by atoms with Crippen molar-refractivity contribution >= 4 is 17.6 Å². The molecule has 0 saturated carbocycles. The second-order valence-corrected chi connectivity index (χ2v) is 4.97. The van der Waals surface area contributed by atoms with Crippen LogP contribution in [0.25, 0.3) is 0 Å². The van der Waals surface area contributed by atoms with Crippen LogP contribution in [0.1, 0.15) is 11.1 Å². The van der Waals surface area contributed by atoms with Crippen molar-refractivity contribution in [1.82, 2.24) is 0 Å². The van der Waals surface area contributed by atoms with E-state index in [4.69, 9.17) is 16.3 Å². The first-order valence-electron chi connectivity index (χ1n) is 6.26. The van der Waals surface area contributed by atoms with Gasteiger partial charge in [0.2, 0.25) is 0 Å². The molecular formula is C16H15ClO3. The van der Waals surface area contributed by atoms with Crippen molar-refractivity contribution in [2.45, 2.75) is 19.4 Å². The maximum atomic E-state index is 11.3. The van der Waals surface area contributed by atoms with Crippen molar-refractivity contribution < 1.29 is 14.6 Å². The first-order valence-corrected chi connectivity index (χ1v) is 6.63. The van der Waals surface area contributed by atoms with Crippen molar-refractivity contribution in [3.63, 3.8) is 0 Å². The molecule has 0 saturated heterocycles. The van der Waals surface area contributed by atoms with Gasteiger partial charge in [-0.1, -0.05) is 35.9 Å². The SMILES string of the molecule is Cc1cc(Cl)ccc1C[C@@H](Oc1ccccc1)C(=O)O. The number of ether oxygens (including phenoxy) is 1. The number of halogens is 1. The van der Waals surface area contributed by atoms with Crippen LogP contribution in [0.2, 0.25) is 5.02 Å². The van der Waals surface area contributed by atoms with E-state index < -0.39 is 12.1 Å². The summed E-state index contributed by atoms with van der Waals surface area (Å²) in [5.41, 5.74) is 1.87. The van der Waals surface area contributed by atoms with E-state index in [0.29, 0.717) is 17.2 Å². The summed E-state index contributed by atoms with van der Waals surface area (Å²) in [4.78, 5) is 11.3. The highest BCUT2D eigenvalue weighted by Crippen LogP contribution is 2.19. The molecule has 0 heterocycles. The molecule has 20 heavy (non-hydrogen) atoms. The van der Waals surface area contributed by atoms with E-state index in [-0.39, 0.29) is 0 Å². The summed E-state index contributed by atoms with van der Waals surface area (Å²) >= 11 is 5.90. The van der Waals surface area contributed by atoms with Crippen molar-refractivity contribution in [1.29, 1.82) is 0 Å². The molecule has 2 aromatic carbocycles. The van der Waals surface area contributed by atoms with Gasteiger partial charge in [-0.05, 0) is 42.3 Å². The van der Waals surface area contributed by atoms with Crippen LogP contribution < -0.4 is 4.74 Å². The zero-order valence-electron chi connectivity index (χ0n) is 11.0. The van der Waals surface area contributed by atoms with E-state index in [1.54, 1.807) is 18.2 Å². The highest BCUT2D eigenvalue weighted by Gasteiger charge is 2.20. The van der Waals surface area contributed by atoms with Crippen LogP contribution in [-0.4, -0.2) is 17.2 Å². The normalized spacial score (nSPS) is 11.9. The summed E-state index contributed by atoms with van der Waals surface area (Å²) in [6.45, 7) is 1.91. The highest BCUT2D eigenvalue weighted by atomic mass is 35.5. The fourth-order valence-corrected chi connectivity index (χ4v) is 2.16. The van der Waals surface area contributed by atoms with Gasteiger partial charge in [-0.25, -0.2) is 4.79 Å². The van der Waals surface area contributed by atoms with Gasteiger partial charge in [0.1, 0.15) is 5.75 Å². The van der Waals surface area contributed by atoms with Crippen molar-refractivity contribution in [3.8, 4) is 5.75 Å². The average molecular weight is 291 g/mol. The molecule has 4 heteroatoms. The number of carboxylic acid groups (broad SMARTS) is 1. The van der Waals surface area contributed by atoms with Gasteiger partial charge in [-0.2, -0.15) is 0 Å². The topological polar surface area (TPSA) is 46.5 Å². The van der Waals surface area contributed by atoms with E-state index in [1.807, 2.05) is 37.3 Å². The van der Waals surface area contributed by atoms with Gasteiger partial charge >= 0.3 is 5.97 Å². The second-order valence-electron chi connectivity index (χ2n) is 4.53. The van der Waals surface area contributed by atoms with Gasteiger partial charge in [0.15, 0.2) is 6.10 Å². The Morgan fingerprint density at radius 1 is 1.25 bits per heavy atom. The molecule has 2 rings (SSSR count). The monoisotopic (exact) mass is 290 g/mol. The Bertz CT molecular complexity index is 596. The van der Waals surface area contributed by atoms with Crippen LogP contribution in [0, 0.1) is 6.92 Å². The van der Waals surface area contributed by atoms with Crippen LogP contribution in [0.15, 0.2) is 48.5 Å². The number of rotatable bonds is 5. The first-order chi connectivity index (χ1) is 9.56. The van der Waals surface area contributed by atoms with E-state index in [0.717, 1.165) is 11.1 Å². The minimum atomic E-state index is -0.983. The summed E-state index contributed by atoms with van der Waals surface area (Å²) < 4.78 is 5.53. The molecule has 2 aromatic rings. The predicted octanol–water partition coefficient (Wildman–Crippen LogP) is 3.72. The fourth-order valence-electron chi connectivity index (χ4n) is 1.93. The second kappa shape index (κ2) is 6.44. The Hall–Kier alpha value is -2.00. The molecule has 0 aliphatic carbocycles. The van der Waals surface area contributed by atoms with Crippen LogP contribution in [-0.2, 0) is 11.2 Å². The molecule has 0 fully saturated rings. The lowest BCUT2D eigenvalue weighted by atomic mass is 10.0. The Balaban J connectivity index is 2.15. The maximum absolute atomic E-state index is 11.3. The van der Waals surface area contributed by atoms with Crippen LogP contribution >= 0.6 is 11.6 Å². The zero-order chi connectivity index (χ0) is 14.5. The number of carbonyl (C=O) groups is 1. The number of carboxylic acids is 1. The molecule has 0 spiro atoms. The lowest BCUT2D eigenvalue weighted by molar-refractivity contribution is -0.145. The maximum Gasteiger partial charge on any atom is 0.345 e. The molecule has 0 bridgehead atoms. The predicted molar refractivity (Wildman–Crippen MR) is 78.4 cm³/mol. The number of hydrogen-bond donors (Lipinski definition) is 1. The third-order valence-corrected chi connectivity index (χ3v) is 3.24. The molecule has 0 aliphatic heterocycles. The molecule has 1 N–H and O–H groups in total. The molecule has 0 aliphatic rings. The Morgan fingerprint density at radius 2 is 1.95 bits per heavy atom. The standard InChI is InChI=1S/C16H15ClO3/c1-11-9-13(17)8-7-12(11)10-15(16(18)19)20-14-5-3-2-4-6-14/h2-9,15H,10H2,1H3,(H,18,19)/t15-/m1/s1. The highest BCUT2D eigenvalue weighted by molar-refractivity contribution is 6.30. The summed E-state index contributed by atoms with van der Waals surface area (Å²) in [6, 6.07) is 14.4. The number of benzene rings is 2. The molecule has 104 valence electrons. The van der Waals surface area contributed by atoms with Gasteiger partial charge in [-0.15, -0.1) is 0 Å². The lowest BCUT2D eigenvalue weighted by Crippen LogP contribution is -2.29. The minimum absolute atomic E-state index is 0.299. The summed E-state index contributed by atoms with van der Waals surface area (Å²) in [5, 5.41) is 9.93. The minimum Gasteiger partial charge on any atom is -0.478 e. The number of hydrogen-bond acceptors (Lipinski definition) is 2. The number of aliphatic carboxylic acids is 1. The van der Waals surface area contributed by atoms with E-state index in [1.165, 1.54) is 0 Å². The zero-order valence-corrected chi connectivity index (χ0v) is 11.8. The Labute approximate surface area is 122 Å². The van der Waals surface area contributed by atoms with E-state index in [2.05, 4.69) is 0 Å². The van der Waals surface area contributed by atoms with Gasteiger partial charge in [-0.3, -0.25) is 0 Å². The molecule has 0 radical (unpaired) electrons. The smallest absolute Gasteiger partial charge is 0.345 e. The lowest BCUT2D eigenvalue weighted by Gasteiger charge is -2.16. The average Bonchev–Trinajstić information content (AvgIpc) is 2.42. The molecule has 0 aromatic heterocycles. The summed E-state index contributed by atoms with van der Waals surface area (Å²) in [5.74, 6) is -0.435. The molecular weight excluding hydrogens is 276 g/mol.